The number of aryl methyl sites for hydroxylation is 1. The molecule has 1 rings (SSSR count). The Bertz CT molecular complexity index is 540. The van der Waals surface area contributed by atoms with Gasteiger partial charge in [0, 0.05) is 25.1 Å². The summed E-state index contributed by atoms with van der Waals surface area (Å²) in [5.74, 6) is 1.01. The smallest absolute Gasteiger partial charge is 0.308 e. The first-order valence-electron chi connectivity index (χ1n) is 8.11. The summed E-state index contributed by atoms with van der Waals surface area (Å²) in [6.45, 7) is 12.0. The lowest BCUT2D eigenvalue weighted by Crippen LogP contribution is -2.35. The Balaban J connectivity index is 2.88. The molecule has 5 nitrogen and oxygen atoms in total. The first-order valence-corrected chi connectivity index (χ1v) is 8.11. The number of aliphatic hydroxyl groups excluding tert-OH is 1. The fourth-order valence-electron chi connectivity index (χ4n) is 2.41. The molecule has 130 valence electrons. The van der Waals surface area contributed by atoms with Crippen molar-refractivity contribution < 1.29 is 19.4 Å². The van der Waals surface area contributed by atoms with Crippen LogP contribution >= 0.6 is 0 Å². The van der Waals surface area contributed by atoms with Crippen molar-refractivity contribution in [3.05, 3.63) is 22.8 Å². The summed E-state index contributed by atoms with van der Waals surface area (Å²) in [5.41, 5.74) is 2.76. The zero-order chi connectivity index (χ0) is 17.6. The molecule has 1 atom stereocenters. The van der Waals surface area contributed by atoms with Crippen LogP contribution in [0.2, 0.25) is 0 Å². The maximum atomic E-state index is 11.3. The molecular formula is C18H29NO4. The monoisotopic (exact) mass is 323 g/mol. The largest absolute Gasteiger partial charge is 0.491 e. The first kappa shape index (κ1) is 19.5. The van der Waals surface area contributed by atoms with E-state index in [2.05, 4.69) is 5.32 Å². The van der Waals surface area contributed by atoms with Gasteiger partial charge in [-0.1, -0.05) is 20.8 Å². The van der Waals surface area contributed by atoms with Crippen molar-refractivity contribution in [2.45, 2.75) is 60.1 Å². The van der Waals surface area contributed by atoms with Crippen LogP contribution in [0.5, 0.6) is 11.5 Å². The van der Waals surface area contributed by atoms with Crippen LogP contribution in [0.1, 0.15) is 44.4 Å². The molecule has 0 fully saturated rings. The summed E-state index contributed by atoms with van der Waals surface area (Å²) in [7, 11) is 0. The molecule has 2 N–H and O–H groups in total. The Morgan fingerprint density at radius 1 is 1.35 bits per heavy atom. The summed E-state index contributed by atoms with van der Waals surface area (Å²) in [6, 6.07) is 2.18. The van der Waals surface area contributed by atoms with Crippen molar-refractivity contribution in [2.75, 3.05) is 13.2 Å². The van der Waals surface area contributed by atoms with Gasteiger partial charge in [-0.3, -0.25) is 4.79 Å². The second-order valence-corrected chi connectivity index (χ2v) is 6.10. The van der Waals surface area contributed by atoms with Gasteiger partial charge < -0.3 is 19.9 Å². The van der Waals surface area contributed by atoms with Crippen LogP contribution < -0.4 is 14.8 Å². The molecule has 0 radical (unpaired) electrons. The molecule has 0 spiro atoms. The van der Waals surface area contributed by atoms with Crippen LogP contribution in [0.3, 0.4) is 0 Å². The van der Waals surface area contributed by atoms with Gasteiger partial charge in [-0.2, -0.15) is 0 Å². The van der Waals surface area contributed by atoms with Gasteiger partial charge in [0.1, 0.15) is 24.2 Å². The Morgan fingerprint density at radius 2 is 2.00 bits per heavy atom. The zero-order valence-corrected chi connectivity index (χ0v) is 15.0. The highest BCUT2D eigenvalue weighted by Crippen LogP contribution is 2.34. The van der Waals surface area contributed by atoms with Gasteiger partial charge in [-0.25, -0.2) is 0 Å². The fraction of sp³-hybridized carbons (Fsp3) is 0.611. The number of esters is 1. The minimum atomic E-state index is -0.574. The molecule has 1 aromatic rings. The van der Waals surface area contributed by atoms with Crippen molar-refractivity contribution >= 4 is 5.97 Å². The van der Waals surface area contributed by atoms with E-state index in [0.717, 1.165) is 28.9 Å². The molecule has 1 aromatic carbocycles. The minimum Gasteiger partial charge on any atom is -0.491 e. The van der Waals surface area contributed by atoms with Crippen molar-refractivity contribution in [3.63, 3.8) is 0 Å². The predicted molar refractivity (Wildman–Crippen MR) is 91.2 cm³/mol. The van der Waals surface area contributed by atoms with Crippen LogP contribution in [0.25, 0.3) is 0 Å². The maximum absolute atomic E-state index is 11.3. The Kier molecular flexibility index (Phi) is 7.52. The van der Waals surface area contributed by atoms with Gasteiger partial charge in [-0.05, 0) is 37.5 Å². The van der Waals surface area contributed by atoms with Crippen molar-refractivity contribution in [3.8, 4) is 11.5 Å². The third-order valence-corrected chi connectivity index (χ3v) is 3.59. The van der Waals surface area contributed by atoms with Gasteiger partial charge in [-0.15, -0.1) is 0 Å². The van der Waals surface area contributed by atoms with E-state index in [-0.39, 0.29) is 12.6 Å². The average Bonchev–Trinajstić information content (AvgIpc) is 2.47. The molecule has 0 aliphatic heterocycles. The summed E-state index contributed by atoms with van der Waals surface area (Å²) in [5, 5.41) is 13.1. The lowest BCUT2D eigenvalue weighted by atomic mass is 10.0. The third kappa shape index (κ3) is 5.84. The van der Waals surface area contributed by atoms with Crippen molar-refractivity contribution in [1.29, 1.82) is 0 Å². The van der Waals surface area contributed by atoms with Crippen LogP contribution in [0.4, 0.5) is 0 Å². The second kappa shape index (κ2) is 8.89. The van der Waals surface area contributed by atoms with Gasteiger partial charge in [0.25, 0.3) is 0 Å². The fourth-order valence-corrected chi connectivity index (χ4v) is 2.41. The highest BCUT2D eigenvalue weighted by molar-refractivity contribution is 5.71. The number of aliphatic hydroxyl groups is 1. The molecule has 0 saturated carbocycles. The molecular weight excluding hydrogens is 294 g/mol. The first-order chi connectivity index (χ1) is 10.8. The standard InChI is InChI=1S/C18H29NO4/c1-7-16-13(5)17(8-12(4)18(16)23-14(6)20)22-10-15(21)9-19-11(2)3/h8,11,15,19,21H,7,9-10H2,1-6H3/t15-/m0/s1. The number of carbonyl (C=O) groups excluding carboxylic acids is 1. The zero-order valence-electron chi connectivity index (χ0n) is 15.0. The number of hydrogen-bond acceptors (Lipinski definition) is 5. The topological polar surface area (TPSA) is 67.8 Å². The SMILES string of the molecule is CCc1c(C)c(OC[C@@H](O)CNC(C)C)cc(C)c1OC(C)=O. The molecule has 0 amide bonds. The molecule has 0 aliphatic rings. The number of carbonyl (C=O) groups is 1. The van der Waals surface area contributed by atoms with Gasteiger partial charge >= 0.3 is 5.97 Å². The molecule has 0 bridgehead atoms. The van der Waals surface area contributed by atoms with E-state index in [1.165, 1.54) is 6.92 Å². The van der Waals surface area contributed by atoms with E-state index in [0.29, 0.717) is 18.3 Å². The highest BCUT2D eigenvalue weighted by atomic mass is 16.5. The van der Waals surface area contributed by atoms with E-state index in [4.69, 9.17) is 9.47 Å². The Labute approximate surface area is 139 Å². The number of ether oxygens (including phenoxy) is 2. The normalized spacial score (nSPS) is 12.3. The molecule has 0 heterocycles. The summed E-state index contributed by atoms with van der Waals surface area (Å²) in [4.78, 5) is 11.3. The Morgan fingerprint density at radius 3 is 2.52 bits per heavy atom. The van der Waals surface area contributed by atoms with E-state index < -0.39 is 6.10 Å². The minimum absolute atomic E-state index is 0.218. The van der Waals surface area contributed by atoms with Gasteiger partial charge in [0.05, 0.1) is 0 Å². The number of nitrogens with one attached hydrogen (secondary N) is 1. The second-order valence-electron chi connectivity index (χ2n) is 6.10. The molecule has 5 heteroatoms. The van der Waals surface area contributed by atoms with E-state index in [9.17, 15) is 9.90 Å². The quantitative estimate of drug-likeness (QED) is 0.568. The summed E-state index contributed by atoms with van der Waals surface area (Å²) in [6.07, 6.45) is 0.166. The number of hydrogen-bond donors (Lipinski definition) is 2. The summed E-state index contributed by atoms with van der Waals surface area (Å²) < 4.78 is 11.1. The maximum Gasteiger partial charge on any atom is 0.308 e. The molecule has 0 aliphatic carbocycles. The lowest BCUT2D eigenvalue weighted by Gasteiger charge is -2.20. The van der Waals surface area contributed by atoms with E-state index in [1.54, 1.807) is 0 Å². The van der Waals surface area contributed by atoms with Crippen molar-refractivity contribution in [2.24, 2.45) is 0 Å². The van der Waals surface area contributed by atoms with E-state index >= 15 is 0 Å². The number of rotatable bonds is 8. The van der Waals surface area contributed by atoms with Gasteiger partial charge in [0.15, 0.2) is 0 Å². The van der Waals surface area contributed by atoms with Crippen molar-refractivity contribution in [1.82, 2.24) is 5.32 Å². The molecule has 23 heavy (non-hydrogen) atoms. The predicted octanol–water partition coefficient (Wildman–Crippen LogP) is 2.53. The summed E-state index contributed by atoms with van der Waals surface area (Å²) >= 11 is 0. The number of benzene rings is 1. The van der Waals surface area contributed by atoms with Crippen LogP contribution in [0, 0.1) is 13.8 Å². The lowest BCUT2D eigenvalue weighted by molar-refractivity contribution is -0.132. The Hall–Kier alpha value is -1.59. The molecule has 0 aromatic heterocycles. The van der Waals surface area contributed by atoms with Crippen LogP contribution in [-0.4, -0.2) is 36.4 Å². The van der Waals surface area contributed by atoms with E-state index in [1.807, 2.05) is 40.7 Å². The molecule has 0 saturated heterocycles. The van der Waals surface area contributed by atoms with Crippen LogP contribution in [-0.2, 0) is 11.2 Å². The third-order valence-electron chi connectivity index (χ3n) is 3.59. The molecule has 0 unspecified atom stereocenters. The highest BCUT2D eigenvalue weighted by Gasteiger charge is 2.17. The average molecular weight is 323 g/mol. The van der Waals surface area contributed by atoms with Gasteiger partial charge in [0.2, 0.25) is 0 Å². The van der Waals surface area contributed by atoms with Crippen LogP contribution in [0.15, 0.2) is 6.07 Å².